The van der Waals surface area contributed by atoms with E-state index in [4.69, 9.17) is 56.8 Å². The van der Waals surface area contributed by atoms with Gasteiger partial charge in [0.25, 0.3) is 0 Å². The summed E-state index contributed by atoms with van der Waals surface area (Å²) in [5.41, 5.74) is 5.52. The number of fused-ring (bicyclic) bond motifs is 3. The number of hydrogen-bond acceptors (Lipinski definition) is 12. The van der Waals surface area contributed by atoms with Gasteiger partial charge in [-0.05, 0) is 34.4 Å². The van der Waals surface area contributed by atoms with Gasteiger partial charge in [0.2, 0.25) is 0 Å². The molecule has 0 amide bonds. The summed E-state index contributed by atoms with van der Waals surface area (Å²) in [6.45, 7) is 8.39. The molecule has 0 bridgehead atoms. The van der Waals surface area contributed by atoms with Crippen LogP contribution in [0.5, 0.6) is 23.0 Å². The van der Waals surface area contributed by atoms with E-state index < -0.39 is 5.41 Å². The van der Waals surface area contributed by atoms with Crippen molar-refractivity contribution in [3.8, 4) is 34.1 Å². The van der Waals surface area contributed by atoms with Gasteiger partial charge >= 0.3 is 0 Å². The maximum absolute atomic E-state index is 6.72. The molecule has 57 heavy (non-hydrogen) atoms. The van der Waals surface area contributed by atoms with Crippen LogP contribution in [0.4, 0.5) is 0 Å². The van der Waals surface area contributed by atoms with Crippen LogP contribution in [0.25, 0.3) is 11.1 Å². The molecule has 0 radical (unpaired) electrons. The Hall–Kier alpha value is -4.24. The van der Waals surface area contributed by atoms with Crippen LogP contribution in [0.2, 0.25) is 0 Å². The van der Waals surface area contributed by atoms with Crippen LogP contribution in [0.1, 0.15) is 22.3 Å². The fourth-order valence-corrected chi connectivity index (χ4v) is 7.38. The van der Waals surface area contributed by atoms with Crippen LogP contribution in [0, 0.1) is 0 Å². The predicted octanol–water partition coefficient (Wildman–Crippen LogP) is 5.23. The number of ether oxygens (including phenoxy) is 12. The molecule has 0 aromatic heterocycles. The highest BCUT2D eigenvalue weighted by molar-refractivity contribution is 5.87. The summed E-state index contributed by atoms with van der Waals surface area (Å²) in [5.74, 6) is 2.70. The van der Waals surface area contributed by atoms with E-state index in [0.29, 0.717) is 102 Å². The summed E-state index contributed by atoms with van der Waals surface area (Å²) in [6, 6.07) is 29.4. The highest BCUT2D eigenvalue weighted by Crippen LogP contribution is 2.60. The summed E-state index contributed by atoms with van der Waals surface area (Å²) in [4.78, 5) is 0. The minimum absolute atomic E-state index is 0.170. The minimum atomic E-state index is -0.860. The van der Waals surface area contributed by atoms with Crippen molar-refractivity contribution < 1.29 is 56.8 Å². The zero-order chi connectivity index (χ0) is 38.3. The smallest absolute Gasteiger partial charge is 0.127 e. The molecule has 4 aromatic rings. The number of hydrogen-bond donors (Lipinski definition) is 0. The van der Waals surface area contributed by atoms with Crippen molar-refractivity contribution in [3.05, 3.63) is 107 Å². The van der Waals surface area contributed by atoms with Crippen LogP contribution >= 0.6 is 0 Å². The first-order chi connectivity index (χ1) is 28.3. The molecule has 0 N–H and O–H groups in total. The summed E-state index contributed by atoms with van der Waals surface area (Å²) in [6.07, 6.45) is 0.742. The zero-order valence-corrected chi connectivity index (χ0v) is 32.1. The van der Waals surface area contributed by atoms with Gasteiger partial charge in [-0.25, -0.2) is 0 Å². The Balaban J connectivity index is 1.08. The molecule has 4 saturated heterocycles. The van der Waals surface area contributed by atoms with Crippen LogP contribution < -0.4 is 18.9 Å². The lowest BCUT2D eigenvalue weighted by molar-refractivity contribution is 0.0851. The van der Waals surface area contributed by atoms with E-state index in [2.05, 4.69) is 60.7 Å². The third kappa shape index (κ3) is 9.56. The minimum Gasteiger partial charge on any atom is -0.491 e. The molecule has 12 heteroatoms. The van der Waals surface area contributed by atoms with Crippen molar-refractivity contribution >= 4 is 0 Å². The van der Waals surface area contributed by atoms with Gasteiger partial charge in [0.05, 0.1) is 84.7 Å². The lowest BCUT2D eigenvalue weighted by Gasteiger charge is -2.36. The monoisotopic (exact) mass is 782 g/mol. The van der Waals surface area contributed by atoms with E-state index in [0.717, 1.165) is 59.8 Å². The van der Waals surface area contributed by atoms with E-state index in [9.17, 15) is 0 Å². The van der Waals surface area contributed by atoms with E-state index in [1.807, 2.05) is 24.3 Å². The topological polar surface area (TPSA) is 124 Å². The molecule has 0 saturated carbocycles. The average Bonchev–Trinajstić information content (AvgIpc) is 4.02. The summed E-state index contributed by atoms with van der Waals surface area (Å²) in [5, 5.41) is 0. The van der Waals surface area contributed by atoms with E-state index in [1.54, 1.807) is 0 Å². The van der Waals surface area contributed by atoms with Crippen molar-refractivity contribution in [2.45, 2.75) is 29.8 Å². The lowest BCUT2D eigenvalue weighted by Crippen LogP contribution is -2.30. The molecule has 9 rings (SSSR count). The Bertz CT molecular complexity index is 1800. The standard InChI is InChI=1S/C45H50O12/c1-3-7-39-37(5-1)38-6-2-4-8-40(38)45(39,41-11-9-31(50-17-13-46-23-33-27-54-33)21-43(41)52-19-15-48-25-35-29-56-35)42-12-10-32(51-18-14-47-24-34-28-55-34)22-44(42)53-20-16-49-26-36-30-57-36/h1-12,21-22,33-36H,13-20,23-30H2. The molecular weight excluding hydrogens is 732 g/mol. The van der Waals surface area contributed by atoms with Crippen molar-refractivity contribution in [1.82, 2.24) is 0 Å². The second-order valence-corrected chi connectivity index (χ2v) is 14.7. The van der Waals surface area contributed by atoms with Crippen molar-refractivity contribution in [2.75, 3.05) is 106 Å². The Kier molecular flexibility index (Phi) is 12.2. The summed E-state index contributed by atoms with van der Waals surface area (Å²) >= 11 is 0. The predicted molar refractivity (Wildman–Crippen MR) is 208 cm³/mol. The van der Waals surface area contributed by atoms with Gasteiger partial charge in [-0.1, -0.05) is 60.7 Å². The number of rotatable bonds is 26. The molecule has 5 aliphatic rings. The maximum atomic E-state index is 6.72. The van der Waals surface area contributed by atoms with Gasteiger partial charge in [-0.3, -0.25) is 0 Å². The van der Waals surface area contributed by atoms with Crippen LogP contribution in [0.15, 0.2) is 84.9 Å². The number of epoxide rings is 4. The molecule has 4 aliphatic heterocycles. The van der Waals surface area contributed by atoms with Crippen LogP contribution in [0.3, 0.4) is 0 Å². The first kappa shape index (κ1) is 38.3. The fourth-order valence-electron chi connectivity index (χ4n) is 7.38. The Morgan fingerprint density at radius 1 is 0.404 bits per heavy atom. The van der Waals surface area contributed by atoms with Gasteiger partial charge in [-0.2, -0.15) is 0 Å². The van der Waals surface area contributed by atoms with Gasteiger partial charge in [0.15, 0.2) is 0 Å². The van der Waals surface area contributed by atoms with E-state index in [1.165, 1.54) is 0 Å². The van der Waals surface area contributed by atoms with Crippen molar-refractivity contribution in [3.63, 3.8) is 0 Å². The van der Waals surface area contributed by atoms with Crippen molar-refractivity contribution in [2.24, 2.45) is 0 Å². The second kappa shape index (κ2) is 18.1. The Labute approximate surface area is 333 Å². The normalized spacial score (nSPS) is 21.7. The van der Waals surface area contributed by atoms with Crippen molar-refractivity contribution in [1.29, 1.82) is 0 Å². The molecule has 1 aliphatic carbocycles. The average molecular weight is 783 g/mol. The first-order valence-electron chi connectivity index (χ1n) is 20.0. The highest BCUT2D eigenvalue weighted by Gasteiger charge is 2.49. The molecule has 4 heterocycles. The third-order valence-electron chi connectivity index (χ3n) is 10.5. The molecule has 4 fully saturated rings. The largest absolute Gasteiger partial charge is 0.491 e. The number of benzene rings is 4. The highest BCUT2D eigenvalue weighted by atomic mass is 16.6. The molecular formula is C45H50O12. The fraction of sp³-hybridized carbons (Fsp3) is 0.467. The lowest BCUT2D eigenvalue weighted by atomic mass is 9.67. The first-order valence-corrected chi connectivity index (χ1v) is 20.0. The molecule has 302 valence electrons. The molecule has 12 nitrogen and oxygen atoms in total. The van der Waals surface area contributed by atoms with E-state index in [-0.39, 0.29) is 24.4 Å². The van der Waals surface area contributed by atoms with E-state index >= 15 is 0 Å². The van der Waals surface area contributed by atoms with Crippen LogP contribution in [-0.4, -0.2) is 130 Å². The van der Waals surface area contributed by atoms with Gasteiger partial charge in [0.1, 0.15) is 73.8 Å². The Morgan fingerprint density at radius 2 is 0.754 bits per heavy atom. The third-order valence-corrected chi connectivity index (χ3v) is 10.5. The van der Waals surface area contributed by atoms with Gasteiger partial charge < -0.3 is 56.8 Å². The van der Waals surface area contributed by atoms with Gasteiger partial charge in [-0.15, -0.1) is 0 Å². The molecule has 4 atom stereocenters. The molecule has 0 spiro atoms. The Morgan fingerprint density at radius 3 is 1.12 bits per heavy atom. The van der Waals surface area contributed by atoms with Crippen LogP contribution in [-0.2, 0) is 43.3 Å². The second-order valence-electron chi connectivity index (χ2n) is 14.7. The zero-order valence-electron chi connectivity index (χ0n) is 32.1. The maximum Gasteiger partial charge on any atom is 0.127 e. The van der Waals surface area contributed by atoms with Gasteiger partial charge in [0, 0.05) is 23.3 Å². The quantitative estimate of drug-likeness (QED) is 0.0540. The molecule has 4 aromatic carbocycles. The molecule has 4 unspecified atom stereocenters. The summed E-state index contributed by atoms with van der Waals surface area (Å²) < 4.78 is 70.5. The summed E-state index contributed by atoms with van der Waals surface area (Å²) in [7, 11) is 0. The SMILES string of the molecule is c1ccc2c(c1)-c1ccccc1C2(c1ccc(OCCOCC2CO2)cc1OCCOCC1CO1)c1ccc(OCCOCC2CO2)cc1OCCOCC1CO1.